The number of hydrogen-bond donors (Lipinski definition) is 1. The molecule has 100 valence electrons. The van der Waals surface area contributed by atoms with Gasteiger partial charge in [-0.1, -0.05) is 36.2 Å². The van der Waals surface area contributed by atoms with E-state index in [-0.39, 0.29) is 17.4 Å². The molecule has 1 atom stereocenters. The summed E-state index contributed by atoms with van der Waals surface area (Å²) in [5.74, 6) is -0.0436. The van der Waals surface area contributed by atoms with Crippen molar-refractivity contribution in [3.63, 3.8) is 0 Å². The molecule has 0 spiro atoms. The van der Waals surface area contributed by atoms with Crippen LogP contribution in [0.25, 0.3) is 0 Å². The molecule has 0 heterocycles. The van der Waals surface area contributed by atoms with E-state index in [1.54, 1.807) is 18.2 Å². The summed E-state index contributed by atoms with van der Waals surface area (Å²) in [4.78, 5) is 11.4. The van der Waals surface area contributed by atoms with E-state index < -0.39 is 10.8 Å². The second-order valence-electron chi connectivity index (χ2n) is 3.78. The Morgan fingerprint density at radius 2 is 1.94 bits per heavy atom. The summed E-state index contributed by atoms with van der Waals surface area (Å²) in [6.45, 7) is 2.56. The largest absolute Gasteiger partial charge is 0.355 e. The summed E-state index contributed by atoms with van der Waals surface area (Å²) in [6.07, 6.45) is 0.856. The van der Waals surface area contributed by atoms with E-state index >= 15 is 0 Å². The molecule has 1 aromatic rings. The fourth-order valence-electron chi connectivity index (χ4n) is 1.34. The minimum atomic E-state index is -1.31. The summed E-state index contributed by atoms with van der Waals surface area (Å²) >= 11 is 11.9. The van der Waals surface area contributed by atoms with Crippen molar-refractivity contribution in [3.05, 3.63) is 33.8 Å². The van der Waals surface area contributed by atoms with Crippen molar-refractivity contribution in [2.75, 3.05) is 12.3 Å². The molecule has 1 N–H and O–H groups in total. The van der Waals surface area contributed by atoms with Gasteiger partial charge in [-0.15, -0.1) is 0 Å². The number of hydrogen-bond acceptors (Lipinski definition) is 2. The molecule has 0 saturated heterocycles. The van der Waals surface area contributed by atoms with Crippen molar-refractivity contribution in [3.8, 4) is 0 Å². The molecule has 3 nitrogen and oxygen atoms in total. The smallest absolute Gasteiger partial charge is 0.232 e. The number of rotatable bonds is 6. The maximum atomic E-state index is 11.8. The van der Waals surface area contributed by atoms with Gasteiger partial charge < -0.3 is 5.32 Å². The second kappa shape index (κ2) is 7.77. The van der Waals surface area contributed by atoms with Crippen LogP contribution in [0.3, 0.4) is 0 Å². The first-order chi connectivity index (χ1) is 8.54. The first-order valence-corrected chi connectivity index (χ1v) is 7.83. The van der Waals surface area contributed by atoms with Crippen molar-refractivity contribution in [2.45, 2.75) is 19.1 Å². The third-order valence-electron chi connectivity index (χ3n) is 2.23. The lowest BCUT2D eigenvalue weighted by molar-refractivity contribution is -0.118. The molecule has 18 heavy (non-hydrogen) atoms. The fraction of sp³-hybridized carbons (Fsp3) is 0.417. The Kier molecular flexibility index (Phi) is 6.68. The standard InChI is InChI=1S/C12H15Cl2NO2S/c1-2-6-15-12(16)8-18(17)7-9-10(13)4-3-5-11(9)14/h3-5H,2,6-8H2,1H3,(H,15,16). The van der Waals surface area contributed by atoms with E-state index in [0.717, 1.165) is 6.42 Å². The zero-order valence-corrected chi connectivity index (χ0v) is 12.4. The van der Waals surface area contributed by atoms with Crippen molar-refractivity contribution >= 4 is 39.9 Å². The number of amides is 1. The Morgan fingerprint density at radius 3 is 2.50 bits per heavy atom. The van der Waals surface area contributed by atoms with Crippen LogP contribution in [0, 0.1) is 0 Å². The van der Waals surface area contributed by atoms with Crippen LogP contribution in [0.2, 0.25) is 10.0 Å². The zero-order valence-electron chi connectivity index (χ0n) is 10.0. The van der Waals surface area contributed by atoms with Gasteiger partial charge in [-0.25, -0.2) is 0 Å². The third kappa shape index (κ3) is 4.96. The average Bonchev–Trinajstić information content (AvgIpc) is 2.31. The minimum absolute atomic E-state index is 0.0262. The van der Waals surface area contributed by atoms with Gasteiger partial charge in [0.05, 0.1) is 5.75 Å². The highest BCUT2D eigenvalue weighted by molar-refractivity contribution is 7.84. The first-order valence-electron chi connectivity index (χ1n) is 5.59. The number of halogens is 2. The van der Waals surface area contributed by atoms with Gasteiger partial charge in [0.2, 0.25) is 5.91 Å². The highest BCUT2D eigenvalue weighted by Gasteiger charge is 2.12. The van der Waals surface area contributed by atoms with Crippen LogP contribution in [0.1, 0.15) is 18.9 Å². The molecule has 0 bridgehead atoms. The molecule has 0 radical (unpaired) electrons. The van der Waals surface area contributed by atoms with Crippen LogP contribution >= 0.6 is 23.2 Å². The lowest BCUT2D eigenvalue weighted by Gasteiger charge is -2.07. The number of carbonyl (C=O) groups is 1. The van der Waals surface area contributed by atoms with Crippen molar-refractivity contribution < 1.29 is 9.00 Å². The lowest BCUT2D eigenvalue weighted by atomic mass is 10.2. The molecule has 0 saturated carbocycles. The quantitative estimate of drug-likeness (QED) is 0.878. The molecular formula is C12H15Cl2NO2S. The van der Waals surface area contributed by atoms with Crippen LogP contribution in [0.15, 0.2) is 18.2 Å². The van der Waals surface area contributed by atoms with Gasteiger partial charge in [0, 0.05) is 33.0 Å². The Labute approximate surface area is 119 Å². The van der Waals surface area contributed by atoms with Gasteiger partial charge >= 0.3 is 0 Å². The van der Waals surface area contributed by atoms with Crippen molar-refractivity contribution in [2.24, 2.45) is 0 Å². The van der Waals surface area contributed by atoms with Gasteiger partial charge in [-0.2, -0.15) is 0 Å². The van der Waals surface area contributed by atoms with Crippen LogP contribution < -0.4 is 5.32 Å². The Hall–Kier alpha value is -0.580. The predicted octanol–water partition coefficient (Wildman–Crippen LogP) is 2.77. The van der Waals surface area contributed by atoms with Gasteiger partial charge in [0.1, 0.15) is 5.75 Å². The minimum Gasteiger partial charge on any atom is -0.355 e. The molecule has 0 aliphatic carbocycles. The van der Waals surface area contributed by atoms with Gasteiger partial charge in [-0.3, -0.25) is 9.00 Å². The van der Waals surface area contributed by atoms with E-state index in [9.17, 15) is 9.00 Å². The van der Waals surface area contributed by atoms with Crippen LogP contribution in [-0.4, -0.2) is 22.4 Å². The SMILES string of the molecule is CCCNC(=O)CS(=O)Cc1c(Cl)cccc1Cl. The summed E-state index contributed by atoms with van der Waals surface area (Å²) in [5.41, 5.74) is 0.627. The topological polar surface area (TPSA) is 46.2 Å². The van der Waals surface area contributed by atoms with Crippen LogP contribution in [0.4, 0.5) is 0 Å². The highest BCUT2D eigenvalue weighted by atomic mass is 35.5. The molecular weight excluding hydrogens is 293 g/mol. The number of carbonyl (C=O) groups excluding carboxylic acids is 1. The summed E-state index contributed by atoms with van der Waals surface area (Å²) in [5, 5.41) is 3.63. The average molecular weight is 308 g/mol. The monoisotopic (exact) mass is 307 g/mol. The van der Waals surface area contributed by atoms with Gasteiger partial charge in [0.15, 0.2) is 0 Å². The second-order valence-corrected chi connectivity index (χ2v) is 6.05. The summed E-state index contributed by atoms with van der Waals surface area (Å²) in [7, 11) is -1.31. The molecule has 1 rings (SSSR count). The van der Waals surface area contributed by atoms with Gasteiger partial charge in [0.25, 0.3) is 0 Å². The first kappa shape index (κ1) is 15.5. The normalized spacial score (nSPS) is 12.2. The lowest BCUT2D eigenvalue weighted by Crippen LogP contribution is -2.29. The van der Waals surface area contributed by atoms with Crippen molar-refractivity contribution in [1.82, 2.24) is 5.32 Å². The van der Waals surface area contributed by atoms with E-state index in [4.69, 9.17) is 23.2 Å². The molecule has 0 aliphatic heterocycles. The molecule has 0 aromatic heterocycles. The maximum Gasteiger partial charge on any atom is 0.232 e. The molecule has 6 heteroatoms. The van der Waals surface area contributed by atoms with E-state index in [0.29, 0.717) is 22.2 Å². The summed E-state index contributed by atoms with van der Waals surface area (Å²) in [6, 6.07) is 5.11. The zero-order chi connectivity index (χ0) is 13.5. The highest BCUT2D eigenvalue weighted by Crippen LogP contribution is 2.25. The molecule has 0 fully saturated rings. The Balaban J connectivity index is 2.57. The van der Waals surface area contributed by atoms with E-state index in [1.807, 2.05) is 6.92 Å². The fourth-order valence-corrected chi connectivity index (χ4v) is 3.16. The van der Waals surface area contributed by atoms with Gasteiger partial charge in [-0.05, 0) is 18.6 Å². The Morgan fingerprint density at radius 1 is 1.33 bits per heavy atom. The predicted molar refractivity (Wildman–Crippen MR) is 76.5 cm³/mol. The molecule has 1 aromatic carbocycles. The van der Waals surface area contributed by atoms with Crippen LogP contribution in [-0.2, 0) is 21.3 Å². The number of benzene rings is 1. The molecule has 0 aliphatic rings. The Bertz CT molecular complexity index is 431. The third-order valence-corrected chi connectivity index (χ3v) is 4.13. The van der Waals surface area contributed by atoms with E-state index in [2.05, 4.69) is 5.32 Å². The number of nitrogens with one attached hydrogen (secondary N) is 1. The molecule has 1 unspecified atom stereocenters. The maximum absolute atomic E-state index is 11.8. The molecule has 1 amide bonds. The summed E-state index contributed by atoms with van der Waals surface area (Å²) < 4.78 is 11.8. The van der Waals surface area contributed by atoms with Crippen LogP contribution in [0.5, 0.6) is 0 Å². The van der Waals surface area contributed by atoms with E-state index in [1.165, 1.54) is 0 Å². The van der Waals surface area contributed by atoms with Crippen molar-refractivity contribution in [1.29, 1.82) is 0 Å².